The lowest BCUT2D eigenvalue weighted by atomic mass is 10.3. The summed E-state index contributed by atoms with van der Waals surface area (Å²) >= 11 is 4.89. The third-order valence-corrected chi connectivity index (χ3v) is 6.54. The SMILES string of the molecule is O=C(Cc1csc(-c2ccco2)n1)Nc1ccccc1SCc1ccsc1. The quantitative estimate of drug-likeness (QED) is 0.382. The summed E-state index contributed by atoms with van der Waals surface area (Å²) in [5.41, 5.74) is 2.87. The second kappa shape index (κ2) is 8.56. The van der Waals surface area contributed by atoms with E-state index in [0.717, 1.165) is 32.8 Å². The average molecular weight is 413 g/mol. The largest absolute Gasteiger partial charge is 0.462 e. The number of anilines is 1. The fourth-order valence-corrected chi connectivity index (χ4v) is 5.00. The van der Waals surface area contributed by atoms with Gasteiger partial charge < -0.3 is 9.73 Å². The zero-order chi connectivity index (χ0) is 18.5. The number of hydrogen-bond donors (Lipinski definition) is 1. The minimum atomic E-state index is -0.0742. The molecule has 4 aromatic rings. The number of para-hydroxylation sites is 1. The van der Waals surface area contributed by atoms with Gasteiger partial charge in [-0.3, -0.25) is 4.79 Å². The lowest BCUT2D eigenvalue weighted by Crippen LogP contribution is -2.15. The second-order valence-electron chi connectivity index (χ2n) is 5.76. The fourth-order valence-electron chi connectivity index (χ4n) is 2.49. The van der Waals surface area contributed by atoms with Crippen molar-refractivity contribution in [2.75, 3.05) is 5.32 Å². The van der Waals surface area contributed by atoms with Gasteiger partial charge in [0.2, 0.25) is 5.91 Å². The van der Waals surface area contributed by atoms with Crippen LogP contribution in [0.15, 0.2) is 74.2 Å². The highest BCUT2D eigenvalue weighted by molar-refractivity contribution is 7.98. The van der Waals surface area contributed by atoms with Crippen molar-refractivity contribution in [3.8, 4) is 10.8 Å². The minimum Gasteiger partial charge on any atom is -0.462 e. The molecule has 0 fully saturated rings. The van der Waals surface area contributed by atoms with Crippen molar-refractivity contribution in [1.82, 2.24) is 4.98 Å². The molecule has 0 spiro atoms. The maximum atomic E-state index is 12.5. The van der Waals surface area contributed by atoms with Gasteiger partial charge in [0.15, 0.2) is 10.8 Å². The smallest absolute Gasteiger partial charge is 0.230 e. The van der Waals surface area contributed by atoms with E-state index in [1.807, 2.05) is 41.8 Å². The molecule has 0 saturated carbocycles. The van der Waals surface area contributed by atoms with Gasteiger partial charge in [0.25, 0.3) is 0 Å². The van der Waals surface area contributed by atoms with E-state index in [-0.39, 0.29) is 12.3 Å². The van der Waals surface area contributed by atoms with Crippen molar-refractivity contribution in [3.63, 3.8) is 0 Å². The molecule has 136 valence electrons. The number of carbonyl (C=O) groups excluding carboxylic acids is 1. The summed E-state index contributed by atoms with van der Waals surface area (Å²) < 4.78 is 5.35. The van der Waals surface area contributed by atoms with Crippen molar-refractivity contribution >= 4 is 46.0 Å². The number of furan rings is 1. The summed E-state index contributed by atoms with van der Waals surface area (Å²) in [6.07, 6.45) is 1.86. The number of nitrogens with one attached hydrogen (secondary N) is 1. The molecule has 0 aliphatic heterocycles. The lowest BCUT2D eigenvalue weighted by molar-refractivity contribution is -0.115. The van der Waals surface area contributed by atoms with Gasteiger partial charge in [-0.25, -0.2) is 4.98 Å². The average Bonchev–Trinajstić information content (AvgIpc) is 3.43. The van der Waals surface area contributed by atoms with Gasteiger partial charge >= 0.3 is 0 Å². The molecule has 0 radical (unpaired) electrons. The fraction of sp³-hybridized carbons (Fsp3) is 0.100. The van der Waals surface area contributed by atoms with Crippen LogP contribution in [0.1, 0.15) is 11.3 Å². The molecule has 0 bridgehead atoms. The van der Waals surface area contributed by atoms with Crippen molar-refractivity contribution in [3.05, 3.63) is 76.1 Å². The van der Waals surface area contributed by atoms with E-state index in [0.29, 0.717) is 0 Å². The van der Waals surface area contributed by atoms with Crippen LogP contribution in [-0.4, -0.2) is 10.9 Å². The first-order chi connectivity index (χ1) is 13.3. The topological polar surface area (TPSA) is 55.1 Å². The van der Waals surface area contributed by atoms with E-state index in [9.17, 15) is 4.79 Å². The number of thiophene rings is 1. The maximum absolute atomic E-state index is 12.5. The van der Waals surface area contributed by atoms with Crippen LogP contribution in [-0.2, 0) is 17.0 Å². The standard InChI is InChI=1S/C20H16N2O2S3/c23-19(10-15-13-27-20(21-15)17-5-3-8-24-17)22-16-4-1-2-6-18(16)26-12-14-7-9-25-11-14/h1-9,11,13H,10,12H2,(H,22,23). The molecule has 0 aliphatic carbocycles. The van der Waals surface area contributed by atoms with Crippen LogP contribution < -0.4 is 5.32 Å². The number of thioether (sulfide) groups is 1. The number of nitrogens with zero attached hydrogens (tertiary/aromatic N) is 1. The number of benzene rings is 1. The number of rotatable bonds is 7. The Balaban J connectivity index is 1.39. The lowest BCUT2D eigenvalue weighted by Gasteiger charge is -2.10. The van der Waals surface area contributed by atoms with Gasteiger partial charge in [-0.05, 0) is 46.7 Å². The van der Waals surface area contributed by atoms with E-state index < -0.39 is 0 Å². The van der Waals surface area contributed by atoms with Crippen molar-refractivity contribution in [1.29, 1.82) is 0 Å². The van der Waals surface area contributed by atoms with Crippen LogP contribution in [0.3, 0.4) is 0 Å². The Hall–Kier alpha value is -2.35. The maximum Gasteiger partial charge on any atom is 0.230 e. The molecule has 3 aromatic heterocycles. The second-order valence-corrected chi connectivity index (χ2v) is 8.42. The highest BCUT2D eigenvalue weighted by atomic mass is 32.2. The first kappa shape index (κ1) is 18.0. The summed E-state index contributed by atoms with van der Waals surface area (Å²) in [5, 5.41) is 9.92. The highest BCUT2D eigenvalue weighted by Gasteiger charge is 2.12. The Morgan fingerprint density at radius 1 is 1.15 bits per heavy atom. The monoisotopic (exact) mass is 412 g/mol. The molecule has 3 heterocycles. The van der Waals surface area contributed by atoms with Crippen molar-refractivity contribution in [2.24, 2.45) is 0 Å². The third kappa shape index (κ3) is 4.68. The molecule has 4 nitrogen and oxygen atoms in total. The summed E-state index contributed by atoms with van der Waals surface area (Å²) in [4.78, 5) is 18.0. The van der Waals surface area contributed by atoms with E-state index in [1.165, 1.54) is 16.9 Å². The van der Waals surface area contributed by atoms with Gasteiger partial charge in [-0.1, -0.05) is 12.1 Å². The number of carbonyl (C=O) groups is 1. The number of thiazole rings is 1. The van der Waals surface area contributed by atoms with Crippen LogP contribution in [0.4, 0.5) is 5.69 Å². The Kier molecular flexibility index (Phi) is 5.72. The van der Waals surface area contributed by atoms with Gasteiger partial charge in [-0.2, -0.15) is 11.3 Å². The van der Waals surface area contributed by atoms with Crippen LogP contribution in [0, 0.1) is 0 Å². The molecule has 1 aromatic carbocycles. The van der Waals surface area contributed by atoms with Crippen LogP contribution in [0.25, 0.3) is 10.8 Å². The van der Waals surface area contributed by atoms with E-state index in [1.54, 1.807) is 29.4 Å². The Morgan fingerprint density at radius 3 is 2.89 bits per heavy atom. The zero-order valence-corrected chi connectivity index (χ0v) is 16.7. The van der Waals surface area contributed by atoms with Gasteiger partial charge in [0.05, 0.1) is 24.1 Å². The zero-order valence-electron chi connectivity index (χ0n) is 14.3. The van der Waals surface area contributed by atoms with Crippen molar-refractivity contribution < 1.29 is 9.21 Å². The molecular formula is C20H16N2O2S3. The van der Waals surface area contributed by atoms with Gasteiger partial charge in [0.1, 0.15) is 0 Å². The predicted molar refractivity (Wildman–Crippen MR) is 112 cm³/mol. The first-order valence-electron chi connectivity index (χ1n) is 8.29. The van der Waals surface area contributed by atoms with Crippen LogP contribution in [0.5, 0.6) is 0 Å². The Morgan fingerprint density at radius 2 is 2.07 bits per heavy atom. The van der Waals surface area contributed by atoms with E-state index >= 15 is 0 Å². The molecule has 0 saturated heterocycles. The van der Waals surface area contributed by atoms with Crippen LogP contribution >= 0.6 is 34.4 Å². The van der Waals surface area contributed by atoms with Gasteiger partial charge in [0, 0.05) is 16.0 Å². The normalized spacial score (nSPS) is 10.8. The molecule has 0 unspecified atom stereocenters. The molecule has 27 heavy (non-hydrogen) atoms. The number of amides is 1. The van der Waals surface area contributed by atoms with Crippen LogP contribution in [0.2, 0.25) is 0 Å². The van der Waals surface area contributed by atoms with Gasteiger partial charge in [-0.15, -0.1) is 23.1 Å². The van der Waals surface area contributed by atoms with E-state index in [2.05, 4.69) is 27.1 Å². The van der Waals surface area contributed by atoms with Crippen molar-refractivity contribution in [2.45, 2.75) is 17.1 Å². The van der Waals surface area contributed by atoms with E-state index in [4.69, 9.17) is 4.42 Å². The summed E-state index contributed by atoms with van der Waals surface area (Å²) in [6.45, 7) is 0. The minimum absolute atomic E-state index is 0.0742. The summed E-state index contributed by atoms with van der Waals surface area (Å²) in [7, 11) is 0. The first-order valence-corrected chi connectivity index (χ1v) is 11.1. The predicted octanol–water partition coefficient (Wildman–Crippen LogP) is 5.94. The molecular weight excluding hydrogens is 396 g/mol. The number of hydrogen-bond acceptors (Lipinski definition) is 6. The Labute approximate surface area is 169 Å². The Bertz CT molecular complexity index is 1010. The highest BCUT2D eigenvalue weighted by Crippen LogP contribution is 2.30. The number of aromatic nitrogens is 1. The molecule has 1 amide bonds. The molecule has 4 rings (SSSR count). The molecule has 0 aliphatic rings. The summed E-state index contributed by atoms with van der Waals surface area (Å²) in [5.74, 6) is 1.53. The molecule has 0 atom stereocenters. The molecule has 1 N–H and O–H groups in total. The summed E-state index contributed by atoms with van der Waals surface area (Å²) in [6, 6.07) is 13.7. The third-order valence-electron chi connectivity index (χ3n) is 3.76. The molecule has 7 heteroatoms.